The maximum Gasteiger partial charge on any atom is 0.0639 e. The number of hydrogen-bond acceptors (Lipinski definition) is 2. The fraction of sp³-hybridized carbons (Fsp3) is 0.500. The van der Waals surface area contributed by atoms with Crippen molar-refractivity contribution in [3.8, 4) is 0 Å². The van der Waals surface area contributed by atoms with Gasteiger partial charge in [0.2, 0.25) is 0 Å². The summed E-state index contributed by atoms with van der Waals surface area (Å²) in [4.78, 5) is 2.51. The van der Waals surface area contributed by atoms with Gasteiger partial charge in [0, 0.05) is 19.1 Å². The molecular weight excluding hydrogens is 270 g/mol. The lowest BCUT2D eigenvalue weighted by molar-refractivity contribution is 0.0772. The van der Waals surface area contributed by atoms with Gasteiger partial charge in [-0.25, -0.2) is 0 Å². The zero-order valence-electron chi connectivity index (χ0n) is 13.5. The summed E-state index contributed by atoms with van der Waals surface area (Å²) in [5, 5.41) is 12.6. The molecule has 0 spiro atoms. The molecule has 2 heteroatoms. The van der Waals surface area contributed by atoms with Gasteiger partial charge in [-0.1, -0.05) is 61.7 Å². The van der Waals surface area contributed by atoms with Crippen LogP contribution in [-0.2, 0) is 6.54 Å². The van der Waals surface area contributed by atoms with E-state index in [0.717, 1.165) is 13.1 Å². The average molecular weight is 297 g/mol. The fourth-order valence-corrected chi connectivity index (χ4v) is 3.78. The van der Waals surface area contributed by atoms with Crippen molar-refractivity contribution in [3.05, 3.63) is 48.0 Å². The highest BCUT2D eigenvalue weighted by atomic mass is 16.3. The van der Waals surface area contributed by atoms with Crippen LogP contribution in [0.25, 0.3) is 10.8 Å². The summed E-state index contributed by atoms with van der Waals surface area (Å²) in [6.45, 7) is 3.61. The maximum absolute atomic E-state index is 9.90. The van der Waals surface area contributed by atoms with Crippen molar-refractivity contribution in [2.45, 2.75) is 57.7 Å². The van der Waals surface area contributed by atoms with Gasteiger partial charge in [0.15, 0.2) is 0 Å². The van der Waals surface area contributed by atoms with Crippen molar-refractivity contribution in [1.82, 2.24) is 4.90 Å². The van der Waals surface area contributed by atoms with Gasteiger partial charge in [0.05, 0.1) is 6.10 Å². The van der Waals surface area contributed by atoms with Crippen molar-refractivity contribution < 1.29 is 5.11 Å². The fourth-order valence-electron chi connectivity index (χ4n) is 3.78. The molecule has 2 nitrogen and oxygen atoms in total. The molecule has 1 atom stereocenters. The van der Waals surface area contributed by atoms with E-state index in [2.05, 4.69) is 47.4 Å². The van der Waals surface area contributed by atoms with E-state index >= 15 is 0 Å². The second kappa shape index (κ2) is 7.26. The van der Waals surface area contributed by atoms with E-state index in [1.807, 2.05) is 6.92 Å². The zero-order valence-corrected chi connectivity index (χ0v) is 13.5. The number of nitrogens with zero attached hydrogens (tertiary/aromatic N) is 1. The number of benzene rings is 2. The van der Waals surface area contributed by atoms with Crippen LogP contribution < -0.4 is 0 Å². The summed E-state index contributed by atoms with van der Waals surface area (Å²) in [5.41, 5.74) is 1.38. The molecule has 1 aliphatic rings. The third-order valence-corrected chi connectivity index (χ3v) is 4.84. The highest BCUT2D eigenvalue weighted by Crippen LogP contribution is 2.26. The van der Waals surface area contributed by atoms with Crippen LogP contribution in [-0.4, -0.2) is 28.7 Å². The number of aliphatic hydroxyl groups is 1. The molecule has 1 aliphatic carbocycles. The van der Waals surface area contributed by atoms with Crippen LogP contribution in [0.15, 0.2) is 42.5 Å². The molecular formula is C20H27NO. The van der Waals surface area contributed by atoms with E-state index < -0.39 is 0 Å². The van der Waals surface area contributed by atoms with Gasteiger partial charge >= 0.3 is 0 Å². The second-order valence-electron chi connectivity index (χ2n) is 6.71. The molecule has 1 saturated carbocycles. The molecule has 0 aliphatic heterocycles. The summed E-state index contributed by atoms with van der Waals surface area (Å²) in [6, 6.07) is 15.8. The van der Waals surface area contributed by atoms with Crippen LogP contribution in [0.2, 0.25) is 0 Å². The Kier molecular flexibility index (Phi) is 5.12. The second-order valence-corrected chi connectivity index (χ2v) is 6.71. The van der Waals surface area contributed by atoms with Crippen molar-refractivity contribution in [2.75, 3.05) is 6.54 Å². The molecule has 2 aromatic rings. The third kappa shape index (κ3) is 3.68. The molecule has 118 valence electrons. The van der Waals surface area contributed by atoms with Gasteiger partial charge in [0.1, 0.15) is 0 Å². The van der Waals surface area contributed by atoms with Gasteiger partial charge in [-0.3, -0.25) is 4.90 Å². The first-order valence-corrected chi connectivity index (χ1v) is 8.63. The lowest BCUT2D eigenvalue weighted by atomic mass is 9.93. The topological polar surface area (TPSA) is 23.5 Å². The third-order valence-electron chi connectivity index (χ3n) is 4.84. The largest absolute Gasteiger partial charge is 0.392 e. The molecule has 0 radical (unpaired) electrons. The molecule has 3 rings (SSSR count). The average Bonchev–Trinajstić information content (AvgIpc) is 2.55. The number of hydrogen-bond donors (Lipinski definition) is 1. The van der Waals surface area contributed by atoms with Crippen LogP contribution in [0.4, 0.5) is 0 Å². The standard InChI is InChI=1S/C20H27NO/c1-16(22)14-21(19-11-3-2-4-12-19)15-18-10-7-9-17-8-5-6-13-20(17)18/h5-10,13,16,19,22H,2-4,11-12,14-15H2,1H3. The number of rotatable bonds is 5. The molecule has 1 N–H and O–H groups in total. The highest BCUT2D eigenvalue weighted by molar-refractivity contribution is 5.85. The monoisotopic (exact) mass is 297 g/mol. The molecule has 0 amide bonds. The Bertz CT molecular complexity index is 596. The molecule has 1 unspecified atom stereocenters. The lowest BCUT2D eigenvalue weighted by Crippen LogP contribution is -2.40. The van der Waals surface area contributed by atoms with E-state index in [1.54, 1.807) is 0 Å². The summed E-state index contributed by atoms with van der Waals surface area (Å²) >= 11 is 0. The predicted molar refractivity (Wildman–Crippen MR) is 92.9 cm³/mol. The van der Waals surface area contributed by atoms with E-state index in [0.29, 0.717) is 6.04 Å². The molecule has 1 fully saturated rings. The van der Waals surface area contributed by atoms with Crippen molar-refractivity contribution >= 4 is 10.8 Å². The Morgan fingerprint density at radius 2 is 1.77 bits per heavy atom. The van der Waals surface area contributed by atoms with E-state index in [4.69, 9.17) is 0 Å². The minimum atomic E-state index is -0.267. The van der Waals surface area contributed by atoms with E-state index in [1.165, 1.54) is 48.4 Å². The summed E-state index contributed by atoms with van der Waals surface area (Å²) in [5.74, 6) is 0. The first-order valence-electron chi connectivity index (χ1n) is 8.63. The zero-order chi connectivity index (χ0) is 15.4. The lowest BCUT2D eigenvalue weighted by Gasteiger charge is -2.35. The van der Waals surface area contributed by atoms with Crippen molar-refractivity contribution in [1.29, 1.82) is 0 Å². The van der Waals surface area contributed by atoms with Crippen LogP contribution in [0, 0.1) is 0 Å². The Labute approximate surface area is 133 Å². The summed E-state index contributed by atoms with van der Waals surface area (Å²) in [6.07, 6.45) is 6.31. The molecule has 0 aromatic heterocycles. The SMILES string of the molecule is CC(O)CN(Cc1cccc2ccccc12)C1CCCCC1. The predicted octanol–water partition coefficient (Wildman–Crippen LogP) is 4.36. The first kappa shape index (κ1) is 15.5. The molecule has 2 aromatic carbocycles. The Morgan fingerprint density at radius 3 is 2.55 bits per heavy atom. The molecule has 0 heterocycles. The Balaban J connectivity index is 1.84. The molecule has 22 heavy (non-hydrogen) atoms. The van der Waals surface area contributed by atoms with Gasteiger partial charge in [-0.05, 0) is 36.1 Å². The number of fused-ring (bicyclic) bond motifs is 1. The molecule has 0 bridgehead atoms. The van der Waals surface area contributed by atoms with Gasteiger partial charge in [-0.15, -0.1) is 0 Å². The van der Waals surface area contributed by atoms with Gasteiger partial charge in [-0.2, -0.15) is 0 Å². The maximum atomic E-state index is 9.90. The quantitative estimate of drug-likeness (QED) is 0.886. The van der Waals surface area contributed by atoms with E-state index in [9.17, 15) is 5.11 Å². The van der Waals surface area contributed by atoms with Crippen molar-refractivity contribution in [3.63, 3.8) is 0 Å². The normalized spacial score (nSPS) is 18.0. The minimum Gasteiger partial charge on any atom is -0.392 e. The molecule has 0 saturated heterocycles. The highest BCUT2D eigenvalue weighted by Gasteiger charge is 2.22. The van der Waals surface area contributed by atoms with Gasteiger partial charge in [0.25, 0.3) is 0 Å². The summed E-state index contributed by atoms with van der Waals surface area (Å²) in [7, 11) is 0. The first-order chi connectivity index (χ1) is 10.7. The summed E-state index contributed by atoms with van der Waals surface area (Å²) < 4.78 is 0. The van der Waals surface area contributed by atoms with Crippen molar-refractivity contribution in [2.24, 2.45) is 0 Å². The number of aliphatic hydroxyl groups excluding tert-OH is 1. The van der Waals surface area contributed by atoms with Crippen LogP contribution in [0.5, 0.6) is 0 Å². The Morgan fingerprint density at radius 1 is 1.05 bits per heavy atom. The Hall–Kier alpha value is -1.38. The van der Waals surface area contributed by atoms with Crippen LogP contribution >= 0.6 is 0 Å². The smallest absolute Gasteiger partial charge is 0.0639 e. The van der Waals surface area contributed by atoms with E-state index in [-0.39, 0.29) is 6.10 Å². The van der Waals surface area contributed by atoms with Gasteiger partial charge < -0.3 is 5.11 Å². The van der Waals surface area contributed by atoms with Crippen LogP contribution in [0.1, 0.15) is 44.6 Å². The minimum absolute atomic E-state index is 0.267. The van der Waals surface area contributed by atoms with Crippen LogP contribution in [0.3, 0.4) is 0 Å².